The molecule has 3 unspecified atom stereocenters. The minimum Gasteiger partial charge on any atom is -0.307 e. The number of hydrogen-bond donors (Lipinski definition) is 1. The van der Waals surface area contributed by atoms with Crippen molar-refractivity contribution in [3.8, 4) is 0 Å². The molecule has 1 saturated heterocycles. The van der Waals surface area contributed by atoms with Gasteiger partial charge in [0, 0.05) is 18.6 Å². The summed E-state index contributed by atoms with van der Waals surface area (Å²) in [7, 11) is 2.22. The number of rotatable bonds is 4. The molecular weight excluding hydrogens is 220 g/mol. The van der Waals surface area contributed by atoms with Crippen molar-refractivity contribution < 1.29 is 0 Å². The molecule has 2 nitrogen and oxygen atoms in total. The third kappa shape index (κ3) is 3.33. The zero-order valence-electron chi connectivity index (χ0n) is 11.9. The van der Waals surface area contributed by atoms with Crippen LogP contribution < -0.4 is 5.32 Å². The average Bonchev–Trinajstić information content (AvgIpc) is 2.39. The summed E-state index contributed by atoms with van der Waals surface area (Å²) in [5, 5.41) is 3.87. The second kappa shape index (κ2) is 6.35. The summed E-state index contributed by atoms with van der Waals surface area (Å²) < 4.78 is 0. The van der Waals surface area contributed by atoms with Gasteiger partial charge in [-0.1, -0.05) is 44.2 Å². The standard InChI is InChI=1S/C16H26N2/c1-4-15(14-8-6-5-7-9-14)17-16-10-11-18(3)12-13(16)2/h5-9,13,15-17H,4,10-12H2,1-3H3. The van der Waals surface area contributed by atoms with Crippen molar-refractivity contribution in [3.63, 3.8) is 0 Å². The van der Waals surface area contributed by atoms with Gasteiger partial charge in [0.2, 0.25) is 0 Å². The van der Waals surface area contributed by atoms with Gasteiger partial charge in [0.05, 0.1) is 0 Å². The van der Waals surface area contributed by atoms with E-state index in [1.165, 1.54) is 25.1 Å². The molecule has 2 heteroatoms. The molecule has 1 aromatic rings. The normalized spacial score (nSPS) is 27.1. The monoisotopic (exact) mass is 246 g/mol. The maximum Gasteiger partial charge on any atom is 0.0320 e. The summed E-state index contributed by atoms with van der Waals surface area (Å²) >= 11 is 0. The molecule has 2 rings (SSSR count). The lowest BCUT2D eigenvalue weighted by Crippen LogP contribution is -2.47. The van der Waals surface area contributed by atoms with Crippen LogP contribution >= 0.6 is 0 Å². The summed E-state index contributed by atoms with van der Waals surface area (Å²) in [5.74, 6) is 0.738. The highest BCUT2D eigenvalue weighted by Crippen LogP contribution is 2.22. The minimum absolute atomic E-state index is 0.502. The molecule has 0 radical (unpaired) electrons. The van der Waals surface area contributed by atoms with Crippen molar-refractivity contribution in [2.24, 2.45) is 5.92 Å². The van der Waals surface area contributed by atoms with Gasteiger partial charge in [-0.3, -0.25) is 0 Å². The molecule has 1 fully saturated rings. The van der Waals surface area contributed by atoms with Crippen molar-refractivity contribution in [2.75, 3.05) is 20.1 Å². The molecule has 18 heavy (non-hydrogen) atoms. The Morgan fingerprint density at radius 2 is 2.06 bits per heavy atom. The van der Waals surface area contributed by atoms with Crippen molar-refractivity contribution in [1.82, 2.24) is 10.2 Å². The van der Waals surface area contributed by atoms with Crippen LogP contribution in [0.25, 0.3) is 0 Å². The van der Waals surface area contributed by atoms with Crippen LogP contribution in [0.3, 0.4) is 0 Å². The van der Waals surface area contributed by atoms with Gasteiger partial charge in [0.25, 0.3) is 0 Å². The maximum atomic E-state index is 3.87. The van der Waals surface area contributed by atoms with E-state index in [1.807, 2.05) is 0 Å². The first-order valence-corrected chi connectivity index (χ1v) is 7.20. The van der Waals surface area contributed by atoms with E-state index in [0.717, 1.165) is 12.3 Å². The van der Waals surface area contributed by atoms with Crippen LogP contribution in [0, 0.1) is 5.92 Å². The topological polar surface area (TPSA) is 15.3 Å². The Kier molecular flexibility index (Phi) is 4.79. The molecule has 3 atom stereocenters. The Morgan fingerprint density at radius 3 is 2.67 bits per heavy atom. The third-order valence-corrected chi connectivity index (χ3v) is 4.13. The van der Waals surface area contributed by atoms with E-state index in [2.05, 4.69) is 61.4 Å². The number of nitrogens with one attached hydrogen (secondary N) is 1. The molecule has 1 aliphatic heterocycles. The van der Waals surface area contributed by atoms with Crippen LogP contribution in [0.4, 0.5) is 0 Å². The summed E-state index contributed by atoms with van der Waals surface area (Å²) in [6.45, 7) is 7.06. The number of likely N-dealkylation sites (tertiary alicyclic amines) is 1. The van der Waals surface area contributed by atoms with Crippen LogP contribution in [0.1, 0.15) is 38.3 Å². The SMILES string of the molecule is CCC(NC1CCN(C)CC1C)c1ccccc1. The number of hydrogen-bond acceptors (Lipinski definition) is 2. The van der Waals surface area contributed by atoms with Crippen LogP contribution in [0.5, 0.6) is 0 Å². The Bertz CT molecular complexity index is 349. The molecule has 0 aromatic heterocycles. The number of benzene rings is 1. The van der Waals surface area contributed by atoms with E-state index >= 15 is 0 Å². The average molecular weight is 246 g/mol. The fourth-order valence-corrected chi connectivity index (χ4v) is 3.00. The summed E-state index contributed by atoms with van der Waals surface area (Å²) in [6.07, 6.45) is 2.42. The predicted octanol–water partition coefficient (Wildman–Crippen LogP) is 3.07. The van der Waals surface area contributed by atoms with Crippen molar-refractivity contribution >= 4 is 0 Å². The zero-order chi connectivity index (χ0) is 13.0. The van der Waals surface area contributed by atoms with E-state index in [0.29, 0.717) is 12.1 Å². The second-order valence-corrected chi connectivity index (χ2v) is 5.67. The molecule has 1 heterocycles. The van der Waals surface area contributed by atoms with Gasteiger partial charge in [0.1, 0.15) is 0 Å². The Labute approximate surface area is 111 Å². The highest BCUT2D eigenvalue weighted by atomic mass is 15.1. The van der Waals surface area contributed by atoms with Crippen molar-refractivity contribution in [2.45, 2.75) is 38.8 Å². The lowest BCUT2D eigenvalue weighted by Gasteiger charge is -2.37. The number of nitrogens with zero attached hydrogens (tertiary/aromatic N) is 1. The Balaban J connectivity index is 1.98. The quantitative estimate of drug-likeness (QED) is 0.878. The van der Waals surface area contributed by atoms with E-state index < -0.39 is 0 Å². The summed E-state index contributed by atoms with van der Waals surface area (Å²) in [6, 6.07) is 12.0. The Morgan fingerprint density at radius 1 is 1.33 bits per heavy atom. The third-order valence-electron chi connectivity index (χ3n) is 4.13. The Hall–Kier alpha value is -0.860. The first kappa shape index (κ1) is 13.6. The first-order valence-electron chi connectivity index (χ1n) is 7.20. The molecule has 0 bridgehead atoms. The van der Waals surface area contributed by atoms with Gasteiger partial charge in [-0.05, 0) is 37.9 Å². The fraction of sp³-hybridized carbons (Fsp3) is 0.625. The molecule has 1 aliphatic rings. The van der Waals surface area contributed by atoms with Gasteiger partial charge in [-0.15, -0.1) is 0 Å². The van der Waals surface area contributed by atoms with E-state index in [-0.39, 0.29) is 0 Å². The smallest absolute Gasteiger partial charge is 0.0320 e. The molecular formula is C16H26N2. The fourth-order valence-electron chi connectivity index (χ4n) is 3.00. The van der Waals surface area contributed by atoms with E-state index in [4.69, 9.17) is 0 Å². The molecule has 0 aliphatic carbocycles. The predicted molar refractivity (Wildman–Crippen MR) is 77.7 cm³/mol. The van der Waals surface area contributed by atoms with E-state index in [1.54, 1.807) is 0 Å². The van der Waals surface area contributed by atoms with Crippen LogP contribution in [0.15, 0.2) is 30.3 Å². The summed E-state index contributed by atoms with van der Waals surface area (Å²) in [4.78, 5) is 2.44. The minimum atomic E-state index is 0.502. The summed E-state index contributed by atoms with van der Waals surface area (Å²) in [5.41, 5.74) is 1.42. The highest BCUT2D eigenvalue weighted by molar-refractivity contribution is 5.19. The largest absolute Gasteiger partial charge is 0.307 e. The van der Waals surface area contributed by atoms with Crippen LogP contribution in [0.2, 0.25) is 0 Å². The lowest BCUT2D eigenvalue weighted by molar-refractivity contribution is 0.165. The molecule has 1 aromatic carbocycles. The van der Waals surface area contributed by atoms with Crippen molar-refractivity contribution in [3.05, 3.63) is 35.9 Å². The first-order chi connectivity index (χ1) is 8.70. The van der Waals surface area contributed by atoms with Gasteiger partial charge in [-0.25, -0.2) is 0 Å². The van der Waals surface area contributed by atoms with Gasteiger partial charge >= 0.3 is 0 Å². The molecule has 0 saturated carbocycles. The van der Waals surface area contributed by atoms with Gasteiger partial charge < -0.3 is 10.2 Å². The van der Waals surface area contributed by atoms with Crippen LogP contribution in [-0.4, -0.2) is 31.1 Å². The van der Waals surface area contributed by atoms with Gasteiger partial charge in [0.15, 0.2) is 0 Å². The highest BCUT2D eigenvalue weighted by Gasteiger charge is 2.25. The second-order valence-electron chi connectivity index (χ2n) is 5.67. The van der Waals surface area contributed by atoms with Crippen molar-refractivity contribution in [1.29, 1.82) is 0 Å². The zero-order valence-corrected chi connectivity index (χ0v) is 11.9. The molecule has 1 N–H and O–H groups in total. The van der Waals surface area contributed by atoms with Gasteiger partial charge in [-0.2, -0.15) is 0 Å². The van der Waals surface area contributed by atoms with E-state index in [9.17, 15) is 0 Å². The lowest BCUT2D eigenvalue weighted by atomic mass is 9.92. The maximum absolute atomic E-state index is 3.87. The molecule has 0 spiro atoms. The van der Waals surface area contributed by atoms with Crippen LogP contribution in [-0.2, 0) is 0 Å². The number of piperidine rings is 1. The molecule has 0 amide bonds. The molecule has 100 valence electrons.